The lowest BCUT2D eigenvalue weighted by Crippen LogP contribution is -2.24. The Bertz CT molecular complexity index is 565. The van der Waals surface area contributed by atoms with E-state index in [0.29, 0.717) is 11.8 Å². The highest BCUT2D eigenvalue weighted by Gasteiger charge is 2.38. The molecule has 0 spiro atoms. The Morgan fingerprint density at radius 3 is 2.50 bits per heavy atom. The highest BCUT2D eigenvalue weighted by molar-refractivity contribution is 5.64. The summed E-state index contributed by atoms with van der Waals surface area (Å²) in [7, 11) is 0. The number of carbonyl (C=O) groups is 1. The van der Waals surface area contributed by atoms with Crippen LogP contribution in [0.15, 0.2) is 36.4 Å². The van der Waals surface area contributed by atoms with Crippen molar-refractivity contribution in [3.05, 3.63) is 46.5 Å². The first kappa shape index (κ1) is 12.7. The van der Waals surface area contributed by atoms with Crippen LogP contribution in [0.25, 0.3) is 0 Å². The predicted molar refractivity (Wildman–Crippen MR) is 69.3 cm³/mol. The van der Waals surface area contributed by atoms with Crippen molar-refractivity contribution >= 4 is 11.8 Å². The number of rotatable bonds is 3. The van der Waals surface area contributed by atoms with Crippen molar-refractivity contribution < 1.29 is 19.2 Å². The number of nitrogens with zero attached hydrogens (tertiary/aromatic N) is 1. The van der Waals surface area contributed by atoms with Crippen molar-refractivity contribution in [2.24, 2.45) is 11.8 Å². The van der Waals surface area contributed by atoms with E-state index in [4.69, 9.17) is 9.47 Å². The van der Waals surface area contributed by atoms with E-state index in [1.54, 1.807) is 0 Å². The molecular weight excluding hydrogens is 262 g/mol. The molecule has 6 heteroatoms. The first-order valence-corrected chi connectivity index (χ1v) is 6.43. The van der Waals surface area contributed by atoms with Gasteiger partial charge in [-0.2, -0.15) is 0 Å². The third kappa shape index (κ3) is 2.49. The minimum Gasteiger partial charge on any atom is -0.430 e. The molecule has 0 saturated heterocycles. The molecule has 0 amide bonds. The van der Waals surface area contributed by atoms with Gasteiger partial charge in [-0.3, -0.25) is 10.1 Å². The first-order chi connectivity index (χ1) is 9.61. The van der Waals surface area contributed by atoms with Gasteiger partial charge in [0, 0.05) is 18.1 Å². The highest BCUT2D eigenvalue weighted by atomic mass is 16.7. The van der Waals surface area contributed by atoms with E-state index in [9.17, 15) is 14.9 Å². The Morgan fingerprint density at radius 2 is 1.95 bits per heavy atom. The Labute approximate surface area is 115 Å². The van der Waals surface area contributed by atoms with Gasteiger partial charge < -0.3 is 9.47 Å². The number of hydrogen-bond donors (Lipinski definition) is 0. The van der Waals surface area contributed by atoms with Crippen LogP contribution in [-0.4, -0.2) is 17.2 Å². The Balaban J connectivity index is 1.56. The van der Waals surface area contributed by atoms with Crippen LogP contribution in [0.1, 0.15) is 12.8 Å². The van der Waals surface area contributed by atoms with Crippen molar-refractivity contribution in [3.63, 3.8) is 0 Å². The van der Waals surface area contributed by atoms with Gasteiger partial charge in [0.05, 0.1) is 4.92 Å². The topological polar surface area (TPSA) is 78.7 Å². The molecule has 2 aliphatic rings. The van der Waals surface area contributed by atoms with Gasteiger partial charge in [0.1, 0.15) is 11.9 Å². The van der Waals surface area contributed by atoms with Gasteiger partial charge in [-0.25, -0.2) is 4.79 Å². The molecule has 2 bridgehead atoms. The summed E-state index contributed by atoms with van der Waals surface area (Å²) >= 11 is 0. The standard InChI is InChI=1S/C14H13NO5/c16-14(20-13-8-9-1-2-10(13)7-9)19-12-5-3-11(4-6-12)15(17)18/h1-6,9-10,13H,7-8H2. The molecule has 0 heterocycles. The minimum absolute atomic E-state index is 0.0519. The van der Waals surface area contributed by atoms with E-state index in [1.807, 2.05) is 0 Å². The van der Waals surface area contributed by atoms with E-state index < -0.39 is 11.1 Å². The smallest absolute Gasteiger partial charge is 0.430 e. The van der Waals surface area contributed by atoms with Crippen LogP contribution in [0, 0.1) is 22.0 Å². The SMILES string of the molecule is O=C(Oc1ccc([N+](=O)[O-])cc1)OC1CC2C=CC1C2. The minimum atomic E-state index is -0.759. The zero-order valence-corrected chi connectivity index (χ0v) is 10.6. The molecule has 3 atom stereocenters. The van der Waals surface area contributed by atoms with E-state index in [1.165, 1.54) is 24.3 Å². The van der Waals surface area contributed by atoms with E-state index >= 15 is 0 Å². The number of nitro benzene ring substituents is 1. The maximum Gasteiger partial charge on any atom is 0.514 e. The quantitative estimate of drug-likeness (QED) is 0.278. The second kappa shape index (κ2) is 4.96. The number of non-ortho nitro benzene ring substituents is 1. The third-order valence-electron chi connectivity index (χ3n) is 3.71. The lowest BCUT2D eigenvalue weighted by atomic mass is 10.1. The van der Waals surface area contributed by atoms with Crippen molar-refractivity contribution in [1.82, 2.24) is 0 Å². The molecule has 3 rings (SSSR count). The van der Waals surface area contributed by atoms with Gasteiger partial charge in [-0.05, 0) is 30.9 Å². The normalized spacial score (nSPS) is 26.5. The molecule has 1 aromatic carbocycles. The molecule has 3 unspecified atom stereocenters. The molecule has 0 aliphatic heterocycles. The maximum absolute atomic E-state index is 11.7. The van der Waals surface area contributed by atoms with E-state index in [-0.39, 0.29) is 17.5 Å². The number of nitro groups is 1. The third-order valence-corrected chi connectivity index (χ3v) is 3.71. The van der Waals surface area contributed by atoms with Gasteiger partial charge in [0.2, 0.25) is 0 Å². The molecule has 1 saturated carbocycles. The second-order valence-electron chi connectivity index (χ2n) is 5.04. The summed E-state index contributed by atoms with van der Waals surface area (Å²) in [6, 6.07) is 5.31. The van der Waals surface area contributed by atoms with Gasteiger partial charge in [-0.1, -0.05) is 12.2 Å². The molecule has 6 nitrogen and oxygen atoms in total. The fourth-order valence-corrected chi connectivity index (χ4v) is 2.75. The lowest BCUT2D eigenvalue weighted by molar-refractivity contribution is -0.384. The average Bonchev–Trinajstić information content (AvgIpc) is 3.01. The van der Waals surface area contributed by atoms with Crippen molar-refractivity contribution in [3.8, 4) is 5.75 Å². The monoisotopic (exact) mass is 275 g/mol. The number of allylic oxidation sites excluding steroid dienone is 1. The second-order valence-corrected chi connectivity index (χ2v) is 5.04. The van der Waals surface area contributed by atoms with Gasteiger partial charge >= 0.3 is 6.16 Å². The number of hydrogen-bond acceptors (Lipinski definition) is 5. The summed E-state index contributed by atoms with van der Waals surface area (Å²) in [5.41, 5.74) is -0.0519. The van der Waals surface area contributed by atoms with Crippen LogP contribution in [-0.2, 0) is 4.74 Å². The molecule has 0 aromatic heterocycles. The van der Waals surface area contributed by atoms with Gasteiger partial charge in [0.15, 0.2) is 0 Å². The molecule has 0 N–H and O–H groups in total. The zero-order chi connectivity index (χ0) is 14.1. The van der Waals surface area contributed by atoms with Crippen LogP contribution >= 0.6 is 0 Å². The molecular formula is C14H13NO5. The number of carbonyl (C=O) groups excluding carboxylic acids is 1. The number of ether oxygens (including phenoxy) is 2. The van der Waals surface area contributed by atoms with Crippen LogP contribution in [0.4, 0.5) is 10.5 Å². The average molecular weight is 275 g/mol. The van der Waals surface area contributed by atoms with Crippen LogP contribution in [0.5, 0.6) is 5.75 Å². The summed E-state index contributed by atoms with van der Waals surface area (Å²) in [6.07, 6.45) is 5.25. The molecule has 20 heavy (non-hydrogen) atoms. The number of fused-ring (bicyclic) bond motifs is 2. The Kier molecular flexibility index (Phi) is 3.14. The van der Waals surface area contributed by atoms with Crippen molar-refractivity contribution in [1.29, 1.82) is 0 Å². The fraction of sp³-hybridized carbons (Fsp3) is 0.357. The maximum atomic E-state index is 11.7. The molecule has 1 fully saturated rings. The fourth-order valence-electron chi connectivity index (χ4n) is 2.75. The highest BCUT2D eigenvalue weighted by Crippen LogP contribution is 2.40. The van der Waals surface area contributed by atoms with E-state index in [2.05, 4.69) is 12.2 Å². The summed E-state index contributed by atoms with van der Waals surface area (Å²) in [4.78, 5) is 21.7. The van der Waals surface area contributed by atoms with Gasteiger partial charge in [0.25, 0.3) is 5.69 Å². The molecule has 1 aromatic rings. The van der Waals surface area contributed by atoms with Crippen LogP contribution in [0.3, 0.4) is 0 Å². The number of benzene rings is 1. The van der Waals surface area contributed by atoms with Crippen molar-refractivity contribution in [2.45, 2.75) is 18.9 Å². The summed E-state index contributed by atoms with van der Waals surface area (Å²) in [5, 5.41) is 10.5. The molecule has 0 radical (unpaired) electrons. The Morgan fingerprint density at radius 1 is 1.20 bits per heavy atom. The zero-order valence-electron chi connectivity index (χ0n) is 10.6. The summed E-state index contributed by atoms with van der Waals surface area (Å²) in [5.74, 6) is 1.04. The predicted octanol–water partition coefficient (Wildman–Crippen LogP) is 3.07. The van der Waals surface area contributed by atoms with Gasteiger partial charge in [-0.15, -0.1) is 0 Å². The van der Waals surface area contributed by atoms with Crippen molar-refractivity contribution in [2.75, 3.05) is 0 Å². The first-order valence-electron chi connectivity index (χ1n) is 6.43. The Hall–Kier alpha value is -2.37. The van der Waals surface area contributed by atoms with Crippen LogP contribution in [0.2, 0.25) is 0 Å². The summed E-state index contributed by atoms with van der Waals surface area (Å²) < 4.78 is 10.3. The van der Waals surface area contributed by atoms with E-state index in [0.717, 1.165) is 12.8 Å². The summed E-state index contributed by atoms with van der Waals surface area (Å²) in [6.45, 7) is 0. The molecule has 104 valence electrons. The van der Waals surface area contributed by atoms with Crippen LogP contribution < -0.4 is 4.74 Å². The lowest BCUT2D eigenvalue weighted by Gasteiger charge is -2.18. The largest absolute Gasteiger partial charge is 0.514 e. The molecule has 2 aliphatic carbocycles.